The molecule has 3 rings (SSSR count). The Morgan fingerprint density at radius 2 is 2.11 bits per heavy atom. The zero-order valence-corrected chi connectivity index (χ0v) is 11.6. The average Bonchev–Trinajstić information content (AvgIpc) is 2.83. The predicted molar refractivity (Wildman–Crippen MR) is 72.0 cm³/mol. The molecule has 0 amide bonds. The third-order valence-electron chi connectivity index (χ3n) is 4.26. The minimum atomic E-state index is 0.0627. The van der Waals surface area contributed by atoms with E-state index in [0.29, 0.717) is 6.04 Å². The maximum absolute atomic E-state index is 6.05. The summed E-state index contributed by atoms with van der Waals surface area (Å²) in [5.41, 5.74) is 0.0627. The molecule has 0 bridgehead atoms. The minimum Gasteiger partial charge on any atom is -0.465 e. The molecule has 1 aromatic heterocycles. The van der Waals surface area contributed by atoms with Crippen LogP contribution in [-0.4, -0.2) is 31.5 Å². The van der Waals surface area contributed by atoms with Crippen molar-refractivity contribution in [3.8, 4) is 0 Å². The Balaban J connectivity index is 1.53. The Morgan fingerprint density at radius 3 is 2.84 bits per heavy atom. The Kier molecular flexibility index (Phi) is 3.91. The van der Waals surface area contributed by atoms with E-state index in [-0.39, 0.29) is 5.60 Å². The van der Waals surface area contributed by atoms with Crippen molar-refractivity contribution in [1.29, 1.82) is 0 Å². The fourth-order valence-corrected chi connectivity index (χ4v) is 3.12. The van der Waals surface area contributed by atoms with Crippen molar-refractivity contribution in [3.63, 3.8) is 0 Å². The molecule has 1 spiro atoms. The van der Waals surface area contributed by atoms with E-state index in [2.05, 4.69) is 5.32 Å². The summed E-state index contributed by atoms with van der Waals surface area (Å²) in [5, 5.41) is 3.61. The molecule has 2 aliphatic rings. The van der Waals surface area contributed by atoms with Gasteiger partial charge in [-0.05, 0) is 44.7 Å². The van der Waals surface area contributed by atoms with Crippen LogP contribution in [0.15, 0.2) is 16.5 Å². The molecule has 1 atom stereocenters. The first-order valence-electron chi connectivity index (χ1n) is 7.26. The molecule has 1 N–H and O–H groups in total. The number of hydrogen-bond acceptors (Lipinski definition) is 4. The van der Waals surface area contributed by atoms with Crippen molar-refractivity contribution in [1.82, 2.24) is 5.32 Å². The second-order valence-electron chi connectivity index (χ2n) is 5.73. The zero-order chi connectivity index (χ0) is 13.1. The number of aryl methyl sites for hydroxylation is 1. The molecule has 106 valence electrons. The summed E-state index contributed by atoms with van der Waals surface area (Å²) in [6.45, 7) is 5.32. The predicted octanol–water partition coefficient (Wildman–Crippen LogP) is 2.41. The van der Waals surface area contributed by atoms with E-state index in [1.807, 2.05) is 19.1 Å². The van der Waals surface area contributed by atoms with E-state index in [0.717, 1.165) is 63.6 Å². The van der Waals surface area contributed by atoms with Gasteiger partial charge in [0.1, 0.15) is 11.5 Å². The molecule has 0 aliphatic carbocycles. The van der Waals surface area contributed by atoms with E-state index in [4.69, 9.17) is 13.9 Å². The number of rotatable bonds is 3. The van der Waals surface area contributed by atoms with Crippen molar-refractivity contribution in [2.45, 2.75) is 50.8 Å². The molecule has 0 saturated carbocycles. The van der Waals surface area contributed by atoms with Crippen LogP contribution in [0.3, 0.4) is 0 Å². The molecule has 1 unspecified atom stereocenters. The quantitative estimate of drug-likeness (QED) is 0.911. The Morgan fingerprint density at radius 1 is 1.26 bits per heavy atom. The fourth-order valence-electron chi connectivity index (χ4n) is 3.12. The third kappa shape index (κ3) is 3.19. The van der Waals surface area contributed by atoms with Crippen molar-refractivity contribution in [3.05, 3.63) is 23.7 Å². The first-order valence-corrected chi connectivity index (χ1v) is 7.26. The number of nitrogens with one attached hydrogen (secondary N) is 1. The number of hydrogen-bond donors (Lipinski definition) is 1. The minimum absolute atomic E-state index is 0.0627. The number of ether oxygens (including phenoxy) is 2. The molecule has 1 aromatic rings. The fraction of sp³-hybridized carbons (Fsp3) is 0.733. The van der Waals surface area contributed by atoms with Crippen LogP contribution in [0, 0.1) is 6.92 Å². The van der Waals surface area contributed by atoms with Crippen molar-refractivity contribution >= 4 is 0 Å². The van der Waals surface area contributed by atoms with Gasteiger partial charge in [0.15, 0.2) is 0 Å². The summed E-state index contributed by atoms with van der Waals surface area (Å²) in [6, 6.07) is 4.59. The Bertz CT molecular complexity index is 404. The van der Waals surface area contributed by atoms with Crippen LogP contribution in [0.25, 0.3) is 0 Å². The van der Waals surface area contributed by atoms with Crippen LogP contribution < -0.4 is 5.32 Å². The van der Waals surface area contributed by atoms with Gasteiger partial charge in [-0.25, -0.2) is 0 Å². The first kappa shape index (κ1) is 13.2. The molecule has 2 fully saturated rings. The number of furan rings is 1. The van der Waals surface area contributed by atoms with Crippen molar-refractivity contribution < 1.29 is 13.9 Å². The average molecular weight is 265 g/mol. The molecule has 3 heterocycles. The summed E-state index contributed by atoms with van der Waals surface area (Å²) >= 11 is 0. The molecule has 2 aliphatic heterocycles. The maximum Gasteiger partial charge on any atom is 0.117 e. The van der Waals surface area contributed by atoms with Gasteiger partial charge in [-0.15, -0.1) is 0 Å². The normalized spacial score (nSPS) is 26.7. The lowest BCUT2D eigenvalue weighted by atomic mass is 9.84. The maximum atomic E-state index is 6.05. The third-order valence-corrected chi connectivity index (χ3v) is 4.26. The van der Waals surface area contributed by atoms with Crippen LogP contribution in [0.4, 0.5) is 0 Å². The lowest BCUT2D eigenvalue weighted by Crippen LogP contribution is -2.49. The summed E-state index contributed by atoms with van der Waals surface area (Å²) in [6.07, 6.45) is 4.24. The highest BCUT2D eigenvalue weighted by atomic mass is 16.5. The first-order chi connectivity index (χ1) is 9.26. The molecular weight excluding hydrogens is 242 g/mol. The second kappa shape index (κ2) is 5.65. The van der Waals surface area contributed by atoms with Crippen LogP contribution >= 0.6 is 0 Å². The summed E-state index contributed by atoms with van der Waals surface area (Å²) < 4.78 is 17.1. The monoisotopic (exact) mass is 265 g/mol. The van der Waals surface area contributed by atoms with E-state index in [1.54, 1.807) is 0 Å². The smallest absolute Gasteiger partial charge is 0.117 e. The van der Waals surface area contributed by atoms with E-state index in [9.17, 15) is 0 Å². The van der Waals surface area contributed by atoms with Gasteiger partial charge >= 0.3 is 0 Å². The molecule has 0 radical (unpaired) electrons. The van der Waals surface area contributed by atoms with Crippen molar-refractivity contribution in [2.75, 3.05) is 19.8 Å². The highest BCUT2D eigenvalue weighted by molar-refractivity contribution is 5.05. The van der Waals surface area contributed by atoms with Gasteiger partial charge in [0.2, 0.25) is 0 Å². The van der Waals surface area contributed by atoms with Gasteiger partial charge in [0.05, 0.1) is 12.1 Å². The molecule has 4 heteroatoms. The van der Waals surface area contributed by atoms with E-state index < -0.39 is 0 Å². The van der Waals surface area contributed by atoms with Crippen LogP contribution in [0.5, 0.6) is 0 Å². The van der Waals surface area contributed by atoms with Gasteiger partial charge in [0.25, 0.3) is 0 Å². The lowest BCUT2D eigenvalue weighted by molar-refractivity contribution is -0.140. The molecule has 0 aromatic carbocycles. The highest BCUT2D eigenvalue weighted by Gasteiger charge is 2.38. The molecule has 4 nitrogen and oxygen atoms in total. The largest absolute Gasteiger partial charge is 0.465 e. The summed E-state index contributed by atoms with van der Waals surface area (Å²) in [4.78, 5) is 0. The highest BCUT2D eigenvalue weighted by Crippen LogP contribution is 2.34. The SMILES string of the molecule is Cc1ccc(CNC2CCOC3(CCOCC3)C2)o1. The van der Waals surface area contributed by atoms with Gasteiger partial charge in [-0.1, -0.05) is 0 Å². The van der Waals surface area contributed by atoms with Crippen LogP contribution in [-0.2, 0) is 16.0 Å². The van der Waals surface area contributed by atoms with Gasteiger partial charge in [-0.2, -0.15) is 0 Å². The van der Waals surface area contributed by atoms with E-state index in [1.165, 1.54) is 0 Å². The van der Waals surface area contributed by atoms with E-state index >= 15 is 0 Å². The second-order valence-corrected chi connectivity index (χ2v) is 5.73. The lowest BCUT2D eigenvalue weighted by Gasteiger charge is -2.43. The van der Waals surface area contributed by atoms with Gasteiger partial charge < -0.3 is 19.2 Å². The van der Waals surface area contributed by atoms with Gasteiger partial charge in [0, 0.05) is 25.9 Å². The molecular formula is C15H23NO3. The summed E-state index contributed by atoms with van der Waals surface area (Å²) in [7, 11) is 0. The van der Waals surface area contributed by atoms with Crippen molar-refractivity contribution in [2.24, 2.45) is 0 Å². The zero-order valence-electron chi connectivity index (χ0n) is 11.6. The van der Waals surface area contributed by atoms with Crippen LogP contribution in [0.1, 0.15) is 37.2 Å². The Labute approximate surface area is 114 Å². The van der Waals surface area contributed by atoms with Crippen LogP contribution in [0.2, 0.25) is 0 Å². The molecule has 19 heavy (non-hydrogen) atoms. The molecule has 2 saturated heterocycles. The Hall–Kier alpha value is -0.840. The topological polar surface area (TPSA) is 43.6 Å². The van der Waals surface area contributed by atoms with Gasteiger partial charge in [-0.3, -0.25) is 0 Å². The summed E-state index contributed by atoms with van der Waals surface area (Å²) in [5.74, 6) is 2.00. The standard InChI is InChI=1S/C15H23NO3/c1-12-2-3-14(19-12)11-16-13-4-7-18-15(10-13)5-8-17-9-6-15/h2-3,13,16H,4-11H2,1H3.